The van der Waals surface area contributed by atoms with Crippen LogP contribution in [0.15, 0.2) is 10.5 Å². The van der Waals surface area contributed by atoms with E-state index in [0.717, 1.165) is 16.9 Å². The van der Waals surface area contributed by atoms with Crippen molar-refractivity contribution in [1.82, 2.24) is 0 Å². The van der Waals surface area contributed by atoms with E-state index in [4.69, 9.17) is 4.42 Å². The average Bonchev–Trinajstić information content (AvgIpc) is 2.88. The lowest BCUT2D eigenvalue weighted by atomic mass is 10.1. The molecule has 0 radical (unpaired) electrons. The van der Waals surface area contributed by atoms with Crippen molar-refractivity contribution < 1.29 is 9.21 Å². The normalized spacial score (nSPS) is 10.3. The van der Waals surface area contributed by atoms with E-state index < -0.39 is 0 Å². The molecule has 104 valence electrons. The van der Waals surface area contributed by atoms with Crippen molar-refractivity contribution in [2.24, 2.45) is 0 Å². The highest BCUT2D eigenvalue weighted by Crippen LogP contribution is 2.33. The lowest BCUT2D eigenvalue weighted by Crippen LogP contribution is -2.12. The van der Waals surface area contributed by atoms with Gasteiger partial charge in [-0.2, -0.15) is 5.26 Å². The summed E-state index contributed by atoms with van der Waals surface area (Å²) in [6, 6.07) is 3.89. The highest BCUT2D eigenvalue weighted by atomic mass is 32.1. The lowest BCUT2D eigenvalue weighted by Gasteiger charge is -2.02. The molecule has 0 saturated heterocycles. The van der Waals surface area contributed by atoms with Crippen molar-refractivity contribution in [2.75, 3.05) is 5.32 Å². The van der Waals surface area contributed by atoms with Crippen LogP contribution in [0.4, 0.5) is 5.00 Å². The maximum Gasteiger partial charge on any atom is 0.259 e. The summed E-state index contributed by atoms with van der Waals surface area (Å²) in [4.78, 5) is 13.3. The van der Waals surface area contributed by atoms with E-state index in [1.54, 1.807) is 19.9 Å². The smallest absolute Gasteiger partial charge is 0.259 e. The SMILES string of the molecule is CCc1c(C)sc(NC(=O)c2cc(C)oc2C)c1C#N. The zero-order chi connectivity index (χ0) is 14.9. The minimum atomic E-state index is -0.236. The van der Waals surface area contributed by atoms with Crippen molar-refractivity contribution in [3.63, 3.8) is 0 Å². The summed E-state index contributed by atoms with van der Waals surface area (Å²) < 4.78 is 5.36. The standard InChI is InChI=1S/C15H16N2O2S/c1-5-11-10(4)20-15(13(11)7-16)17-14(18)12-6-8(2)19-9(12)3/h6H,5H2,1-4H3,(H,17,18). The highest BCUT2D eigenvalue weighted by molar-refractivity contribution is 7.16. The van der Waals surface area contributed by atoms with E-state index in [1.807, 2.05) is 13.8 Å². The maximum atomic E-state index is 12.3. The lowest BCUT2D eigenvalue weighted by molar-refractivity contribution is 0.102. The number of carbonyl (C=O) groups is 1. The number of carbonyl (C=O) groups excluding carboxylic acids is 1. The van der Waals surface area contributed by atoms with Crippen LogP contribution in [0.25, 0.3) is 0 Å². The van der Waals surface area contributed by atoms with E-state index in [2.05, 4.69) is 11.4 Å². The van der Waals surface area contributed by atoms with Crippen LogP contribution in [0.5, 0.6) is 0 Å². The molecule has 1 amide bonds. The molecule has 0 fully saturated rings. The molecule has 0 atom stereocenters. The summed E-state index contributed by atoms with van der Waals surface area (Å²) in [5.41, 5.74) is 2.09. The number of aryl methyl sites for hydroxylation is 3. The zero-order valence-electron chi connectivity index (χ0n) is 12.0. The Kier molecular flexibility index (Phi) is 3.96. The van der Waals surface area contributed by atoms with Gasteiger partial charge in [0.05, 0.1) is 11.1 Å². The van der Waals surface area contributed by atoms with Crippen molar-refractivity contribution >= 4 is 22.2 Å². The van der Waals surface area contributed by atoms with Gasteiger partial charge in [-0.15, -0.1) is 11.3 Å². The Morgan fingerprint density at radius 1 is 1.45 bits per heavy atom. The van der Waals surface area contributed by atoms with Gasteiger partial charge in [-0.3, -0.25) is 4.79 Å². The van der Waals surface area contributed by atoms with Gasteiger partial charge in [-0.1, -0.05) is 6.92 Å². The Balaban J connectivity index is 2.34. The average molecular weight is 288 g/mol. The Bertz CT molecular complexity index is 704. The van der Waals surface area contributed by atoms with Gasteiger partial charge in [0, 0.05) is 4.88 Å². The van der Waals surface area contributed by atoms with E-state index in [1.165, 1.54) is 11.3 Å². The Morgan fingerprint density at radius 3 is 2.65 bits per heavy atom. The largest absolute Gasteiger partial charge is 0.466 e. The first kappa shape index (κ1) is 14.4. The zero-order valence-corrected chi connectivity index (χ0v) is 12.8. The predicted molar refractivity (Wildman–Crippen MR) is 79.3 cm³/mol. The summed E-state index contributed by atoms with van der Waals surface area (Å²) in [5, 5.41) is 12.7. The highest BCUT2D eigenvalue weighted by Gasteiger charge is 2.19. The molecule has 0 aromatic carbocycles. The molecule has 0 aliphatic rings. The Morgan fingerprint density at radius 2 is 2.15 bits per heavy atom. The molecule has 2 aromatic heterocycles. The monoisotopic (exact) mass is 288 g/mol. The van der Waals surface area contributed by atoms with E-state index in [0.29, 0.717) is 27.6 Å². The summed E-state index contributed by atoms with van der Waals surface area (Å²) in [7, 11) is 0. The second-order valence-corrected chi connectivity index (χ2v) is 5.81. The fraction of sp³-hybridized carbons (Fsp3) is 0.333. The number of anilines is 1. The Hall–Kier alpha value is -2.06. The van der Waals surface area contributed by atoms with Crippen molar-refractivity contribution in [2.45, 2.75) is 34.1 Å². The number of amides is 1. The number of thiophene rings is 1. The van der Waals surface area contributed by atoms with Crippen LogP contribution in [-0.2, 0) is 6.42 Å². The van der Waals surface area contributed by atoms with Crippen LogP contribution in [0.2, 0.25) is 0 Å². The quantitative estimate of drug-likeness (QED) is 0.929. The number of nitriles is 1. The first-order chi connectivity index (χ1) is 9.47. The van der Waals surface area contributed by atoms with Gasteiger partial charge in [-0.25, -0.2) is 0 Å². The van der Waals surface area contributed by atoms with Crippen molar-refractivity contribution in [1.29, 1.82) is 5.26 Å². The molecule has 20 heavy (non-hydrogen) atoms. The molecule has 1 N–H and O–H groups in total. The van der Waals surface area contributed by atoms with Crippen LogP contribution < -0.4 is 5.32 Å². The molecule has 4 nitrogen and oxygen atoms in total. The third-order valence-electron chi connectivity index (χ3n) is 3.19. The minimum Gasteiger partial charge on any atom is -0.466 e. The fourth-order valence-electron chi connectivity index (χ4n) is 2.24. The second kappa shape index (κ2) is 5.51. The molecular formula is C15H16N2O2S. The molecule has 2 aromatic rings. The summed E-state index contributed by atoms with van der Waals surface area (Å²) in [6.45, 7) is 7.53. The molecule has 0 bridgehead atoms. The summed E-state index contributed by atoms with van der Waals surface area (Å²) >= 11 is 1.44. The molecule has 0 aliphatic carbocycles. The van der Waals surface area contributed by atoms with Crippen LogP contribution in [0.3, 0.4) is 0 Å². The number of hydrogen-bond acceptors (Lipinski definition) is 4. The minimum absolute atomic E-state index is 0.236. The number of nitrogens with zero attached hydrogens (tertiary/aromatic N) is 1. The number of nitrogens with one attached hydrogen (secondary N) is 1. The fourth-order valence-corrected chi connectivity index (χ4v) is 3.33. The molecule has 2 heterocycles. The van der Waals surface area contributed by atoms with Crippen molar-refractivity contribution in [3.8, 4) is 6.07 Å². The van der Waals surface area contributed by atoms with Gasteiger partial charge in [-0.05, 0) is 38.8 Å². The van der Waals surface area contributed by atoms with Crippen LogP contribution >= 0.6 is 11.3 Å². The van der Waals surface area contributed by atoms with Gasteiger partial charge in [0.25, 0.3) is 5.91 Å². The number of rotatable bonds is 3. The molecule has 2 rings (SSSR count). The van der Waals surface area contributed by atoms with E-state index in [-0.39, 0.29) is 5.91 Å². The van der Waals surface area contributed by atoms with Gasteiger partial charge >= 0.3 is 0 Å². The van der Waals surface area contributed by atoms with Crippen LogP contribution in [-0.4, -0.2) is 5.91 Å². The predicted octanol–water partition coefficient (Wildman–Crippen LogP) is 3.95. The molecule has 0 saturated carbocycles. The first-order valence-electron chi connectivity index (χ1n) is 6.38. The number of hydrogen-bond donors (Lipinski definition) is 1. The molecule has 5 heteroatoms. The second-order valence-electron chi connectivity index (χ2n) is 4.59. The third kappa shape index (κ3) is 2.47. The van der Waals surface area contributed by atoms with Crippen LogP contribution in [0.1, 0.15) is 44.8 Å². The first-order valence-corrected chi connectivity index (χ1v) is 7.20. The molecule has 0 aliphatic heterocycles. The van der Waals surface area contributed by atoms with Gasteiger partial charge in [0.15, 0.2) is 0 Å². The van der Waals surface area contributed by atoms with Gasteiger partial charge < -0.3 is 9.73 Å². The topological polar surface area (TPSA) is 66.0 Å². The van der Waals surface area contributed by atoms with Gasteiger partial charge in [0.2, 0.25) is 0 Å². The van der Waals surface area contributed by atoms with Gasteiger partial charge in [0.1, 0.15) is 22.6 Å². The summed E-state index contributed by atoms with van der Waals surface area (Å²) in [5.74, 6) is 1.05. The Labute approximate surface area is 122 Å². The van der Waals surface area contributed by atoms with E-state index in [9.17, 15) is 10.1 Å². The molecule has 0 spiro atoms. The third-order valence-corrected chi connectivity index (χ3v) is 4.25. The maximum absolute atomic E-state index is 12.3. The van der Waals surface area contributed by atoms with Crippen molar-refractivity contribution in [3.05, 3.63) is 39.2 Å². The summed E-state index contributed by atoms with van der Waals surface area (Å²) in [6.07, 6.45) is 0.783. The number of furan rings is 1. The molecule has 0 unspecified atom stereocenters. The van der Waals surface area contributed by atoms with Crippen LogP contribution in [0, 0.1) is 32.1 Å². The molecular weight excluding hydrogens is 272 g/mol. The van der Waals surface area contributed by atoms with E-state index >= 15 is 0 Å².